The Bertz CT molecular complexity index is 399. The van der Waals surface area contributed by atoms with Crippen molar-refractivity contribution in [3.63, 3.8) is 0 Å². The van der Waals surface area contributed by atoms with Crippen LogP contribution in [0, 0.1) is 17.8 Å². The summed E-state index contributed by atoms with van der Waals surface area (Å²) in [5.41, 5.74) is -1.02. The van der Waals surface area contributed by atoms with Gasteiger partial charge in [-0.3, -0.25) is 0 Å². The van der Waals surface area contributed by atoms with Crippen molar-refractivity contribution in [3.8, 4) is 0 Å². The maximum absolute atomic E-state index is 12.0. The van der Waals surface area contributed by atoms with E-state index in [0.29, 0.717) is 24.2 Å². The highest BCUT2D eigenvalue weighted by Crippen LogP contribution is 2.54. The monoisotopic (exact) mass is 281 g/mol. The molecule has 0 aliphatic heterocycles. The number of hydrogen-bond acceptors (Lipinski definition) is 3. The van der Waals surface area contributed by atoms with Gasteiger partial charge in [-0.1, -0.05) is 0 Å². The predicted molar refractivity (Wildman–Crippen MR) is 76.3 cm³/mol. The standard InChI is InChI=1S/C16H27NO3/c1-15(2,3)20-14(18)17-13-9-16(19)7-10-4-5-12(13)11(6-10)8-16/h10-13,19H,4-9H2,1-3H3,(H,17,18). The van der Waals surface area contributed by atoms with Crippen LogP contribution >= 0.6 is 0 Å². The zero-order valence-electron chi connectivity index (χ0n) is 12.8. The fraction of sp³-hybridized carbons (Fsp3) is 0.938. The maximum atomic E-state index is 12.0. The summed E-state index contributed by atoms with van der Waals surface area (Å²) in [6.45, 7) is 5.63. The van der Waals surface area contributed by atoms with E-state index in [0.717, 1.165) is 12.8 Å². The van der Waals surface area contributed by atoms with E-state index in [4.69, 9.17) is 4.74 Å². The Morgan fingerprint density at radius 3 is 2.70 bits per heavy atom. The van der Waals surface area contributed by atoms with Gasteiger partial charge in [0.25, 0.3) is 0 Å². The Labute approximate surface area is 121 Å². The second-order valence-corrected chi connectivity index (χ2v) is 8.19. The number of alkyl carbamates (subject to hydrolysis) is 1. The Morgan fingerprint density at radius 1 is 1.25 bits per heavy atom. The van der Waals surface area contributed by atoms with Gasteiger partial charge < -0.3 is 15.2 Å². The highest BCUT2D eigenvalue weighted by atomic mass is 16.6. The van der Waals surface area contributed by atoms with Crippen LogP contribution in [0.2, 0.25) is 0 Å². The molecule has 3 rings (SSSR count). The molecule has 3 saturated carbocycles. The maximum Gasteiger partial charge on any atom is 0.407 e. The minimum Gasteiger partial charge on any atom is -0.444 e. The van der Waals surface area contributed by atoms with Gasteiger partial charge in [-0.15, -0.1) is 0 Å². The summed E-state index contributed by atoms with van der Waals surface area (Å²) < 4.78 is 5.37. The van der Waals surface area contributed by atoms with Crippen molar-refractivity contribution in [2.75, 3.05) is 0 Å². The molecule has 5 unspecified atom stereocenters. The first-order chi connectivity index (χ1) is 9.24. The molecule has 2 N–H and O–H groups in total. The van der Waals surface area contributed by atoms with Gasteiger partial charge in [0, 0.05) is 6.04 Å². The molecule has 0 aromatic rings. The van der Waals surface area contributed by atoms with Crippen LogP contribution in [-0.2, 0) is 4.74 Å². The van der Waals surface area contributed by atoms with E-state index in [2.05, 4.69) is 5.32 Å². The number of amides is 1. The van der Waals surface area contributed by atoms with Crippen molar-refractivity contribution in [1.82, 2.24) is 5.32 Å². The molecule has 0 aromatic heterocycles. The molecular formula is C16H27NO3. The van der Waals surface area contributed by atoms with Crippen LogP contribution in [-0.4, -0.2) is 28.4 Å². The second-order valence-electron chi connectivity index (χ2n) is 8.19. The summed E-state index contributed by atoms with van der Waals surface area (Å²) in [5.74, 6) is 1.82. The SMILES string of the molecule is CC(C)(C)OC(=O)NC1CC2(O)CC3CCC1C(C3)C2. The molecular weight excluding hydrogens is 254 g/mol. The summed E-state index contributed by atoms with van der Waals surface area (Å²) in [5, 5.41) is 13.8. The summed E-state index contributed by atoms with van der Waals surface area (Å²) >= 11 is 0. The Balaban J connectivity index is 1.69. The molecule has 1 amide bonds. The molecule has 4 nitrogen and oxygen atoms in total. The largest absolute Gasteiger partial charge is 0.444 e. The summed E-state index contributed by atoms with van der Waals surface area (Å²) in [6.07, 6.45) is 5.84. The number of nitrogens with one attached hydrogen (secondary N) is 1. The van der Waals surface area contributed by atoms with Crippen molar-refractivity contribution in [1.29, 1.82) is 0 Å². The summed E-state index contributed by atoms with van der Waals surface area (Å²) in [6, 6.07) is 0.0786. The molecule has 0 aromatic carbocycles. The van der Waals surface area contributed by atoms with E-state index in [1.165, 1.54) is 19.3 Å². The lowest BCUT2D eigenvalue weighted by Crippen LogP contribution is -2.59. The van der Waals surface area contributed by atoms with E-state index < -0.39 is 11.2 Å². The van der Waals surface area contributed by atoms with Gasteiger partial charge in [0.05, 0.1) is 5.60 Å². The average molecular weight is 281 g/mol. The molecule has 4 heteroatoms. The fourth-order valence-electron chi connectivity index (χ4n) is 4.79. The van der Waals surface area contributed by atoms with Gasteiger partial charge in [0.1, 0.15) is 5.60 Å². The van der Waals surface area contributed by atoms with E-state index in [9.17, 15) is 9.90 Å². The molecule has 3 aliphatic carbocycles. The zero-order chi connectivity index (χ0) is 14.5. The highest BCUT2D eigenvalue weighted by molar-refractivity contribution is 5.68. The first kappa shape index (κ1) is 14.2. The number of carbonyl (C=O) groups excluding carboxylic acids is 1. The molecule has 0 spiro atoms. The minimum absolute atomic E-state index is 0.0786. The van der Waals surface area contributed by atoms with E-state index in [1.54, 1.807) is 0 Å². The van der Waals surface area contributed by atoms with Gasteiger partial charge >= 0.3 is 6.09 Å². The molecule has 114 valence electrons. The molecule has 0 radical (unpaired) electrons. The fourth-order valence-corrected chi connectivity index (χ4v) is 4.79. The highest BCUT2D eigenvalue weighted by Gasteiger charge is 2.52. The van der Waals surface area contributed by atoms with Crippen LogP contribution in [0.1, 0.15) is 59.3 Å². The number of hydrogen-bond donors (Lipinski definition) is 2. The van der Waals surface area contributed by atoms with Gasteiger partial charge in [0.15, 0.2) is 0 Å². The third-order valence-electron chi connectivity index (χ3n) is 5.28. The number of rotatable bonds is 1. The van der Waals surface area contributed by atoms with Crippen molar-refractivity contribution >= 4 is 6.09 Å². The van der Waals surface area contributed by atoms with Crippen LogP contribution in [0.4, 0.5) is 4.79 Å². The van der Waals surface area contributed by atoms with Crippen molar-refractivity contribution in [3.05, 3.63) is 0 Å². The van der Waals surface area contributed by atoms with Crippen LogP contribution in [0.25, 0.3) is 0 Å². The number of ether oxygens (including phenoxy) is 1. The minimum atomic E-state index is -0.551. The number of aliphatic hydroxyl groups is 1. The van der Waals surface area contributed by atoms with Crippen molar-refractivity contribution in [2.24, 2.45) is 17.8 Å². The molecule has 3 aliphatic rings. The first-order valence-electron chi connectivity index (χ1n) is 7.96. The van der Waals surface area contributed by atoms with Crippen molar-refractivity contribution < 1.29 is 14.6 Å². The lowest BCUT2D eigenvalue weighted by Gasteiger charge is -2.55. The quantitative estimate of drug-likeness (QED) is 0.777. The zero-order valence-corrected chi connectivity index (χ0v) is 12.8. The van der Waals surface area contributed by atoms with Crippen molar-refractivity contribution in [2.45, 2.75) is 76.5 Å². The van der Waals surface area contributed by atoms with Crippen LogP contribution in [0.5, 0.6) is 0 Å². The topological polar surface area (TPSA) is 58.6 Å². The smallest absolute Gasteiger partial charge is 0.407 e. The number of fused-ring (bicyclic) bond motifs is 2. The third-order valence-corrected chi connectivity index (χ3v) is 5.28. The Morgan fingerprint density at radius 2 is 2.00 bits per heavy atom. The van der Waals surface area contributed by atoms with Gasteiger partial charge in [0.2, 0.25) is 0 Å². The lowest BCUT2D eigenvalue weighted by atomic mass is 9.54. The lowest BCUT2D eigenvalue weighted by molar-refractivity contribution is -0.119. The molecule has 0 saturated heterocycles. The summed E-state index contributed by atoms with van der Waals surface area (Å²) in [4.78, 5) is 12.0. The first-order valence-corrected chi connectivity index (χ1v) is 7.96. The third kappa shape index (κ3) is 2.80. The average Bonchev–Trinajstić information content (AvgIpc) is 2.22. The number of carbonyl (C=O) groups is 1. The van der Waals surface area contributed by atoms with E-state index in [1.807, 2.05) is 20.8 Å². The predicted octanol–water partition coefficient (Wildman–Crippen LogP) is 2.84. The molecule has 0 heterocycles. The van der Waals surface area contributed by atoms with Gasteiger partial charge in [-0.05, 0) is 77.0 Å². The van der Waals surface area contributed by atoms with Gasteiger partial charge in [-0.25, -0.2) is 4.79 Å². The van der Waals surface area contributed by atoms with Crippen LogP contribution < -0.4 is 5.32 Å². The summed E-state index contributed by atoms with van der Waals surface area (Å²) in [7, 11) is 0. The van der Waals surface area contributed by atoms with Crippen LogP contribution in [0.15, 0.2) is 0 Å². The van der Waals surface area contributed by atoms with E-state index in [-0.39, 0.29) is 12.1 Å². The molecule has 20 heavy (non-hydrogen) atoms. The molecule has 3 fully saturated rings. The van der Waals surface area contributed by atoms with E-state index >= 15 is 0 Å². The Hall–Kier alpha value is -0.770. The van der Waals surface area contributed by atoms with Crippen LogP contribution in [0.3, 0.4) is 0 Å². The molecule has 3 bridgehead atoms. The van der Waals surface area contributed by atoms with Gasteiger partial charge in [-0.2, -0.15) is 0 Å². The molecule has 5 atom stereocenters. The Kier molecular flexibility index (Phi) is 3.27. The second kappa shape index (κ2) is 4.62. The normalized spacial score (nSPS) is 43.2.